The number of rotatable bonds is 5. The average Bonchev–Trinajstić information content (AvgIpc) is 2.65. The zero-order chi connectivity index (χ0) is 22.1. The second-order valence-corrected chi connectivity index (χ2v) is 9.34. The molecular weight excluding hydrogens is 422 g/mol. The molecule has 0 aliphatic carbocycles. The molecule has 1 N–H and O–H groups in total. The van der Waals surface area contributed by atoms with Crippen LogP contribution in [0.1, 0.15) is 26.3 Å². The molecule has 0 aliphatic rings. The number of carbonyl (C=O) groups excluding carboxylic acids is 1. The van der Waals surface area contributed by atoms with Gasteiger partial charge in [0.15, 0.2) is 5.16 Å². The summed E-state index contributed by atoms with van der Waals surface area (Å²) < 4.78 is 6.99. The van der Waals surface area contributed by atoms with Crippen molar-refractivity contribution in [3.8, 4) is 11.4 Å². The molecule has 1 aromatic heterocycles. The maximum absolute atomic E-state index is 13.4. The summed E-state index contributed by atoms with van der Waals surface area (Å²) in [4.78, 5) is 30.4. The quantitative estimate of drug-likeness (QED) is 0.466. The monoisotopic (exact) mass is 445 g/mol. The van der Waals surface area contributed by atoms with Crippen LogP contribution in [0.2, 0.25) is 5.02 Å². The van der Waals surface area contributed by atoms with E-state index in [0.29, 0.717) is 32.5 Å². The first kappa shape index (κ1) is 22.2. The molecule has 0 bridgehead atoms. The molecule has 0 saturated heterocycles. The van der Waals surface area contributed by atoms with Gasteiger partial charge in [-0.3, -0.25) is 14.2 Å². The topological polar surface area (TPSA) is 73.2 Å². The fourth-order valence-electron chi connectivity index (χ4n) is 3.01. The lowest BCUT2D eigenvalue weighted by Gasteiger charge is -2.21. The highest BCUT2D eigenvalue weighted by Gasteiger charge is 2.19. The Kier molecular flexibility index (Phi) is 6.43. The van der Waals surface area contributed by atoms with Crippen LogP contribution < -0.4 is 15.6 Å². The number of halogens is 1. The van der Waals surface area contributed by atoms with E-state index >= 15 is 0 Å². The van der Waals surface area contributed by atoms with Gasteiger partial charge in [-0.25, -0.2) is 4.98 Å². The Labute approximate surface area is 184 Å². The Bertz CT molecular complexity index is 1170. The lowest BCUT2D eigenvalue weighted by atomic mass is 10.1. The van der Waals surface area contributed by atoms with Crippen LogP contribution in [0.25, 0.3) is 16.6 Å². The van der Waals surface area contributed by atoms with Crippen LogP contribution in [0.5, 0.6) is 5.75 Å². The number of aryl methyl sites for hydroxylation is 1. The summed E-state index contributed by atoms with van der Waals surface area (Å²) in [6.45, 7) is 7.68. The second-order valence-electron chi connectivity index (χ2n) is 7.96. The molecule has 0 fully saturated rings. The summed E-state index contributed by atoms with van der Waals surface area (Å²) in [5.74, 6) is 0.513. The van der Waals surface area contributed by atoms with Gasteiger partial charge >= 0.3 is 0 Å². The largest absolute Gasteiger partial charge is 0.495 e. The number of nitrogens with zero attached hydrogens (tertiary/aromatic N) is 2. The highest BCUT2D eigenvalue weighted by Crippen LogP contribution is 2.28. The maximum atomic E-state index is 13.4. The number of carbonyl (C=O) groups is 1. The first-order valence-corrected chi connectivity index (χ1v) is 10.8. The van der Waals surface area contributed by atoms with Gasteiger partial charge in [-0.2, -0.15) is 0 Å². The minimum absolute atomic E-state index is 0.115. The third-order valence-corrected chi connectivity index (χ3v) is 5.40. The van der Waals surface area contributed by atoms with Gasteiger partial charge < -0.3 is 10.1 Å². The molecule has 3 rings (SSSR count). The number of hydrogen-bond donors (Lipinski definition) is 1. The van der Waals surface area contributed by atoms with Crippen LogP contribution >= 0.6 is 23.4 Å². The van der Waals surface area contributed by atoms with Crippen molar-refractivity contribution in [3.63, 3.8) is 0 Å². The Morgan fingerprint density at radius 2 is 1.97 bits per heavy atom. The van der Waals surface area contributed by atoms with Crippen molar-refractivity contribution in [3.05, 3.63) is 57.3 Å². The van der Waals surface area contributed by atoms with Gasteiger partial charge in [0.25, 0.3) is 5.56 Å². The second kappa shape index (κ2) is 8.70. The van der Waals surface area contributed by atoms with E-state index in [1.807, 2.05) is 45.9 Å². The Hall–Kier alpha value is -2.51. The molecule has 0 atom stereocenters. The van der Waals surface area contributed by atoms with E-state index in [9.17, 15) is 9.59 Å². The third kappa shape index (κ3) is 4.96. The first-order valence-electron chi connectivity index (χ1n) is 9.40. The molecule has 6 nitrogen and oxygen atoms in total. The van der Waals surface area contributed by atoms with E-state index in [2.05, 4.69) is 10.3 Å². The maximum Gasteiger partial charge on any atom is 0.266 e. The molecule has 0 radical (unpaired) electrons. The lowest BCUT2D eigenvalue weighted by molar-refractivity contribution is -0.119. The van der Waals surface area contributed by atoms with Gasteiger partial charge in [0.2, 0.25) is 5.91 Å². The minimum Gasteiger partial charge on any atom is -0.495 e. The molecule has 0 spiro atoms. The predicted octanol–water partition coefficient (Wildman–Crippen LogP) is 4.36. The summed E-state index contributed by atoms with van der Waals surface area (Å²) in [5, 5.41) is 4.24. The number of benzene rings is 2. The number of amides is 1. The van der Waals surface area contributed by atoms with Crippen LogP contribution in [0, 0.1) is 6.92 Å². The van der Waals surface area contributed by atoms with Crippen molar-refractivity contribution < 1.29 is 9.53 Å². The number of thioether (sulfide) groups is 1. The van der Waals surface area contributed by atoms with Crippen molar-refractivity contribution in [2.75, 3.05) is 12.9 Å². The normalized spacial score (nSPS) is 11.5. The van der Waals surface area contributed by atoms with Crippen molar-refractivity contribution in [1.82, 2.24) is 14.9 Å². The number of aromatic nitrogens is 2. The number of nitrogens with one attached hydrogen (secondary N) is 1. The van der Waals surface area contributed by atoms with Gasteiger partial charge in [-0.15, -0.1) is 0 Å². The third-order valence-electron chi connectivity index (χ3n) is 4.22. The van der Waals surface area contributed by atoms with Crippen molar-refractivity contribution in [1.29, 1.82) is 0 Å². The molecule has 158 valence electrons. The fraction of sp³-hybridized carbons (Fsp3) is 0.318. The van der Waals surface area contributed by atoms with Gasteiger partial charge in [0.1, 0.15) is 5.75 Å². The lowest BCUT2D eigenvalue weighted by Crippen LogP contribution is -2.41. The summed E-state index contributed by atoms with van der Waals surface area (Å²) in [6, 6.07) is 10.5. The molecule has 30 heavy (non-hydrogen) atoms. The molecule has 3 aromatic rings. The van der Waals surface area contributed by atoms with E-state index in [-0.39, 0.29) is 22.8 Å². The Morgan fingerprint density at radius 1 is 1.23 bits per heavy atom. The average molecular weight is 446 g/mol. The standard InChI is InChI=1S/C22H24ClN3O3S/c1-13-6-9-18(29-5)17(10-13)26-20(28)15-8-7-14(23)11-16(15)24-21(26)30-12-19(27)25-22(2,3)4/h6-11H,12H2,1-5H3,(H,25,27). The first-order chi connectivity index (χ1) is 14.1. The van der Waals surface area contributed by atoms with Crippen LogP contribution in [0.15, 0.2) is 46.3 Å². The summed E-state index contributed by atoms with van der Waals surface area (Å²) >= 11 is 7.30. The van der Waals surface area contributed by atoms with Gasteiger partial charge in [-0.05, 0) is 63.6 Å². The van der Waals surface area contributed by atoms with Crippen molar-refractivity contribution in [2.45, 2.75) is 38.4 Å². The molecule has 0 aliphatic heterocycles. The molecule has 0 unspecified atom stereocenters. The molecular formula is C22H24ClN3O3S. The highest BCUT2D eigenvalue weighted by molar-refractivity contribution is 7.99. The number of methoxy groups -OCH3 is 1. The number of ether oxygens (including phenoxy) is 1. The fourth-order valence-corrected chi connectivity index (χ4v) is 3.98. The summed E-state index contributed by atoms with van der Waals surface area (Å²) in [7, 11) is 1.55. The summed E-state index contributed by atoms with van der Waals surface area (Å²) in [5.41, 5.74) is 1.43. The number of fused-ring (bicyclic) bond motifs is 1. The zero-order valence-electron chi connectivity index (χ0n) is 17.6. The zero-order valence-corrected chi connectivity index (χ0v) is 19.1. The van der Waals surface area contributed by atoms with Crippen LogP contribution in [-0.2, 0) is 4.79 Å². The van der Waals surface area contributed by atoms with Crippen molar-refractivity contribution >= 4 is 40.2 Å². The molecule has 1 heterocycles. The van der Waals surface area contributed by atoms with E-state index < -0.39 is 0 Å². The SMILES string of the molecule is COc1ccc(C)cc1-n1c(SCC(=O)NC(C)(C)C)nc2cc(Cl)ccc2c1=O. The van der Waals surface area contributed by atoms with E-state index in [1.165, 1.54) is 16.3 Å². The van der Waals surface area contributed by atoms with Crippen LogP contribution in [0.4, 0.5) is 0 Å². The smallest absolute Gasteiger partial charge is 0.266 e. The predicted molar refractivity (Wildman–Crippen MR) is 122 cm³/mol. The van der Waals surface area contributed by atoms with E-state index in [0.717, 1.165) is 5.56 Å². The van der Waals surface area contributed by atoms with E-state index in [4.69, 9.17) is 16.3 Å². The van der Waals surface area contributed by atoms with Crippen molar-refractivity contribution in [2.24, 2.45) is 0 Å². The molecule has 1 amide bonds. The molecule has 8 heteroatoms. The summed E-state index contributed by atoms with van der Waals surface area (Å²) in [6.07, 6.45) is 0. The van der Waals surface area contributed by atoms with Gasteiger partial charge in [0.05, 0.1) is 29.5 Å². The molecule has 2 aromatic carbocycles. The number of hydrogen-bond acceptors (Lipinski definition) is 5. The molecule has 0 saturated carbocycles. The Morgan fingerprint density at radius 3 is 2.63 bits per heavy atom. The van der Waals surface area contributed by atoms with Gasteiger partial charge in [-0.1, -0.05) is 29.4 Å². The van der Waals surface area contributed by atoms with Crippen LogP contribution in [0.3, 0.4) is 0 Å². The Balaban J connectivity index is 2.17. The highest BCUT2D eigenvalue weighted by atomic mass is 35.5. The van der Waals surface area contributed by atoms with Gasteiger partial charge in [0, 0.05) is 10.6 Å². The van der Waals surface area contributed by atoms with Crippen LogP contribution in [-0.4, -0.2) is 33.9 Å². The van der Waals surface area contributed by atoms with E-state index in [1.54, 1.807) is 25.3 Å². The minimum atomic E-state index is -0.346.